The van der Waals surface area contributed by atoms with Gasteiger partial charge in [-0.3, -0.25) is 9.48 Å². The van der Waals surface area contributed by atoms with Crippen molar-refractivity contribution in [2.24, 2.45) is 0 Å². The number of sulfonamides is 1. The molecule has 2 aliphatic rings. The van der Waals surface area contributed by atoms with Crippen molar-refractivity contribution in [3.05, 3.63) is 48.3 Å². The average Bonchev–Trinajstić information content (AvgIpc) is 3.16. The van der Waals surface area contributed by atoms with Gasteiger partial charge in [0.05, 0.1) is 4.90 Å². The summed E-state index contributed by atoms with van der Waals surface area (Å²) in [5.74, 6) is 0.0600. The quantitative estimate of drug-likeness (QED) is 0.797. The summed E-state index contributed by atoms with van der Waals surface area (Å²) in [5.41, 5.74) is 0.230. The van der Waals surface area contributed by atoms with Crippen molar-refractivity contribution >= 4 is 15.9 Å². The first-order chi connectivity index (χ1) is 12.9. The molecule has 2 saturated heterocycles. The van der Waals surface area contributed by atoms with E-state index in [4.69, 9.17) is 0 Å². The Kier molecular flexibility index (Phi) is 4.55. The highest BCUT2D eigenvalue weighted by Crippen LogP contribution is 2.35. The highest BCUT2D eigenvalue weighted by molar-refractivity contribution is 7.89. The molecule has 0 bridgehead atoms. The topological polar surface area (TPSA) is 75.5 Å². The maximum atomic E-state index is 13.2. The third-order valence-corrected chi connectivity index (χ3v) is 7.61. The van der Waals surface area contributed by atoms with Gasteiger partial charge >= 0.3 is 0 Å². The maximum Gasteiger partial charge on any atom is 0.250 e. The van der Waals surface area contributed by atoms with Crippen molar-refractivity contribution in [3.63, 3.8) is 0 Å². The van der Waals surface area contributed by atoms with Crippen LogP contribution >= 0.6 is 0 Å². The van der Waals surface area contributed by atoms with Gasteiger partial charge in [0.25, 0.3) is 5.91 Å². The van der Waals surface area contributed by atoms with E-state index in [1.165, 1.54) is 4.31 Å². The summed E-state index contributed by atoms with van der Waals surface area (Å²) in [5, 5.41) is 4.33. The number of amides is 1. The van der Waals surface area contributed by atoms with Crippen LogP contribution < -0.4 is 0 Å². The number of aryl methyl sites for hydroxylation is 1. The summed E-state index contributed by atoms with van der Waals surface area (Å²) >= 11 is 0. The fourth-order valence-electron chi connectivity index (χ4n) is 3.83. The number of piperidine rings is 1. The molecule has 7 nitrogen and oxygen atoms in total. The van der Waals surface area contributed by atoms with Gasteiger partial charge < -0.3 is 4.90 Å². The number of nitrogens with zero attached hydrogens (tertiary/aromatic N) is 4. The molecule has 144 valence electrons. The molecule has 2 aliphatic heterocycles. The fraction of sp³-hybridized carbons (Fsp3) is 0.474. The monoisotopic (exact) mass is 388 g/mol. The number of carbonyl (C=O) groups is 1. The number of benzene rings is 1. The second-order valence-corrected chi connectivity index (χ2v) is 9.28. The molecule has 0 saturated carbocycles. The Morgan fingerprint density at radius 3 is 2.26 bits per heavy atom. The Hall–Kier alpha value is -2.19. The summed E-state index contributed by atoms with van der Waals surface area (Å²) in [7, 11) is -3.56. The van der Waals surface area contributed by atoms with Gasteiger partial charge in [-0.05, 0) is 44.4 Å². The van der Waals surface area contributed by atoms with Gasteiger partial charge in [0, 0.05) is 38.6 Å². The molecule has 1 amide bonds. The Bertz CT molecular complexity index is 910. The van der Waals surface area contributed by atoms with Gasteiger partial charge in [-0.15, -0.1) is 0 Å². The Morgan fingerprint density at radius 1 is 1.07 bits per heavy atom. The van der Waals surface area contributed by atoms with Gasteiger partial charge in [-0.25, -0.2) is 8.42 Å². The van der Waals surface area contributed by atoms with Crippen molar-refractivity contribution in [3.8, 4) is 0 Å². The van der Waals surface area contributed by atoms with E-state index in [2.05, 4.69) is 5.10 Å². The molecule has 1 aromatic carbocycles. The van der Waals surface area contributed by atoms with E-state index in [0.29, 0.717) is 30.8 Å². The van der Waals surface area contributed by atoms with Crippen LogP contribution in [0.1, 0.15) is 24.8 Å². The number of hydrogen-bond acceptors (Lipinski definition) is 4. The lowest BCUT2D eigenvalue weighted by atomic mass is 9.86. The van der Waals surface area contributed by atoms with Crippen LogP contribution in [0.2, 0.25) is 0 Å². The van der Waals surface area contributed by atoms with Crippen LogP contribution in [0.5, 0.6) is 0 Å². The molecule has 0 atom stereocenters. The van der Waals surface area contributed by atoms with E-state index in [0.717, 1.165) is 25.1 Å². The summed E-state index contributed by atoms with van der Waals surface area (Å²) in [6.45, 7) is 4.07. The molecule has 27 heavy (non-hydrogen) atoms. The summed E-state index contributed by atoms with van der Waals surface area (Å²) in [6.07, 6.45) is 5.35. The van der Waals surface area contributed by atoms with Crippen LogP contribution in [0.15, 0.2) is 47.6 Å². The Labute approximate surface area is 159 Å². The summed E-state index contributed by atoms with van der Waals surface area (Å²) in [4.78, 5) is 15.3. The van der Waals surface area contributed by atoms with Gasteiger partial charge in [0.1, 0.15) is 5.54 Å². The molecule has 0 aliphatic carbocycles. The average molecular weight is 388 g/mol. The number of aromatic nitrogens is 2. The first kappa shape index (κ1) is 18.2. The van der Waals surface area contributed by atoms with Crippen molar-refractivity contribution in [2.45, 2.75) is 36.6 Å². The molecule has 0 N–H and O–H groups in total. The first-order valence-electron chi connectivity index (χ1n) is 9.30. The summed E-state index contributed by atoms with van der Waals surface area (Å²) < 4.78 is 29.2. The molecule has 0 unspecified atom stereocenters. The van der Waals surface area contributed by atoms with Crippen LogP contribution in [0, 0.1) is 6.92 Å². The fourth-order valence-corrected chi connectivity index (χ4v) is 5.27. The standard InChI is InChI=1S/C19H24N4O3S/c1-16-4-6-17(7-5-16)27(25,26)22-14-8-19(9-15-22,23-13-2-10-20-23)18(24)21-11-3-12-21/h2,4-7,10,13H,3,8-9,11-12,14-15H2,1H3. The SMILES string of the molecule is Cc1ccc(S(=O)(=O)N2CCC(C(=O)N3CCC3)(n3cccn3)CC2)cc1. The van der Waals surface area contributed by atoms with Gasteiger partial charge in [0.2, 0.25) is 10.0 Å². The Balaban J connectivity index is 1.58. The van der Waals surface area contributed by atoms with E-state index >= 15 is 0 Å². The van der Waals surface area contributed by atoms with Crippen LogP contribution in [-0.4, -0.2) is 59.5 Å². The predicted octanol–water partition coefficient (Wildman–Crippen LogP) is 1.60. The van der Waals surface area contributed by atoms with Crippen molar-refractivity contribution < 1.29 is 13.2 Å². The first-order valence-corrected chi connectivity index (χ1v) is 10.7. The largest absolute Gasteiger partial charge is 0.340 e. The second kappa shape index (κ2) is 6.76. The minimum atomic E-state index is -3.56. The molecule has 1 aromatic heterocycles. The lowest BCUT2D eigenvalue weighted by molar-refractivity contribution is -0.147. The van der Waals surface area contributed by atoms with Crippen molar-refractivity contribution in [1.82, 2.24) is 19.0 Å². The maximum absolute atomic E-state index is 13.2. The van der Waals surface area contributed by atoms with Gasteiger partial charge in [-0.2, -0.15) is 9.40 Å². The van der Waals surface area contributed by atoms with Crippen molar-refractivity contribution in [1.29, 1.82) is 0 Å². The van der Waals surface area contributed by atoms with E-state index in [1.54, 1.807) is 41.2 Å². The summed E-state index contributed by atoms with van der Waals surface area (Å²) in [6, 6.07) is 8.70. The number of carbonyl (C=O) groups excluding carboxylic acids is 1. The molecule has 0 spiro atoms. The van der Waals surface area contributed by atoms with Gasteiger partial charge in [-0.1, -0.05) is 17.7 Å². The van der Waals surface area contributed by atoms with Gasteiger partial charge in [0.15, 0.2) is 0 Å². The minimum absolute atomic E-state index is 0.0600. The molecule has 0 radical (unpaired) electrons. The third-order valence-electron chi connectivity index (χ3n) is 5.69. The van der Waals surface area contributed by atoms with Crippen LogP contribution in [-0.2, 0) is 20.4 Å². The molecule has 3 heterocycles. The second-order valence-electron chi connectivity index (χ2n) is 7.35. The molecule has 2 aromatic rings. The van der Waals surface area contributed by atoms with Crippen LogP contribution in [0.4, 0.5) is 0 Å². The zero-order chi connectivity index (χ0) is 19.1. The molecule has 2 fully saturated rings. The van der Waals surface area contributed by atoms with Crippen LogP contribution in [0.3, 0.4) is 0 Å². The molecular formula is C19H24N4O3S. The van der Waals surface area contributed by atoms with E-state index in [-0.39, 0.29) is 5.91 Å². The minimum Gasteiger partial charge on any atom is -0.340 e. The molecule has 8 heteroatoms. The molecule has 4 rings (SSSR count). The lowest BCUT2D eigenvalue weighted by Crippen LogP contribution is -2.59. The van der Waals surface area contributed by atoms with Crippen LogP contribution in [0.25, 0.3) is 0 Å². The smallest absolute Gasteiger partial charge is 0.250 e. The van der Waals surface area contributed by atoms with E-state index < -0.39 is 15.6 Å². The zero-order valence-corrected chi connectivity index (χ0v) is 16.2. The number of likely N-dealkylation sites (tertiary alicyclic amines) is 1. The normalized spacial score (nSPS) is 20.3. The van der Waals surface area contributed by atoms with E-state index in [1.807, 2.05) is 18.0 Å². The highest BCUT2D eigenvalue weighted by Gasteiger charge is 2.48. The van der Waals surface area contributed by atoms with Crippen molar-refractivity contribution in [2.75, 3.05) is 26.2 Å². The number of rotatable bonds is 4. The third kappa shape index (κ3) is 3.06. The number of hydrogen-bond donors (Lipinski definition) is 0. The predicted molar refractivity (Wildman–Crippen MR) is 101 cm³/mol. The highest BCUT2D eigenvalue weighted by atomic mass is 32.2. The Morgan fingerprint density at radius 2 is 1.74 bits per heavy atom. The lowest BCUT2D eigenvalue weighted by Gasteiger charge is -2.45. The molecular weight excluding hydrogens is 364 g/mol. The van der Waals surface area contributed by atoms with E-state index in [9.17, 15) is 13.2 Å². The zero-order valence-electron chi connectivity index (χ0n) is 15.4.